The number of ether oxygens (including phenoxy) is 1. The Morgan fingerprint density at radius 3 is 2.56 bits per heavy atom. The highest BCUT2D eigenvalue weighted by Gasteiger charge is 2.23. The summed E-state index contributed by atoms with van der Waals surface area (Å²) in [4.78, 5) is 17.1. The monoisotopic (exact) mass is 357 g/mol. The number of benzene rings is 1. The number of pyridine rings is 1. The molecule has 0 bridgehead atoms. The second kappa shape index (κ2) is 6.84. The number of aryl methyl sites for hydroxylation is 1. The SMILES string of the molecule is CCOC(=O)c1cc(C)nc2c1c(C(C)C)nn2-c1ccc(Cl)cc1. The van der Waals surface area contributed by atoms with E-state index in [2.05, 4.69) is 4.98 Å². The Hall–Kier alpha value is -2.40. The molecule has 0 fully saturated rings. The fourth-order valence-electron chi connectivity index (χ4n) is 2.80. The summed E-state index contributed by atoms with van der Waals surface area (Å²) in [6.45, 7) is 8.07. The fraction of sp³-hybridized carbons (Fsp3) is 0.316. The number of fused-ring (bicyclic) bond motifs is 1. The van der Waals surface area contributed by atoms with Crippen molar-refractivity contribution >= 4 is 28.6 Å². The zero-order valence-electron chi connectivity index (χ0n) is 14.7. The van der Waals surface area contributed by atoms with E-state index in [1.165, 1.54) is 0 Å². The molecule has 25 heavy (non-hydrogen) atoms. The number of carbonyl (C=O) groups excluding carboxylic acids is 1. The Balaban J connectivity index is 2.33. The molecule has 3 aromatic rings. The van der Waals surface area contributed by atoms with Gasteiger partial charge in [0, 0.05) is 10.7 Å². The van der Waals surface area contributed by atoms with E-state index < -0.39 is 0 Å². The number of esters is 1. The second-order valence-corrected chi connectivity index (χ2v) is 6.59. The highest BCUT2D eigenvalue weighted by Crippen LogP contribution is 2.30. The Bertz CT molecular complexity index is 930. The number of halogens is 1. The summed E-state index contributed by atoms with van der Waals surface area (Å²) in [5.74, 6) is -0.218. The molecule has 1 aromatic carbocycles. The summed E-state index contributed by atoms with van der Waals surface area (Å²) in [6.07, 6.45) is 0. The summed E-state index contributed by atoms with van der Waals surface area (Å²) in [6, 6.07) is 9.14. The molecule has 0 aliphatic rings. The number of hydrogen-bond acceptors (Lipinski definition) is 4. The normalized spacial score (nSPS) is 11.3. The van der Waals surface area contributed by atoms with Gasteiger partial charge in [-0.3, -0.25) is 0 Å². The van der Waals surface area contributed by atoms with E-state index in [1.54, 1.807) is 17.7 Å². The lowest BCUT2D eigenvalue weighted by Crippen LogP contribution is -2.07. The van der Waals surface area contributed by atoms with E-state index in [0.717, 1.165) is 22.5 Å². The van der Waals surface area contributed by atoms with Crippen LogP contribution in [-0.2, 0) is 4.74 Å². The standard InChI is InChI=1S/C19H20ClN3O2/c1-5-25-19(24)15-10-12(4)21-18-16(15)17(11(2)3)22-23(18)14-8-6-13(20)7-9-14/h6-11H,5H2,1-4H3. The number of hydrogen-bond donors (Lipinski definition) is 0. The lowest BCUT2D eigenvalue weighted by atomic mass is 10.0. The Morgan fingerprint density at radius 1 is 1.28 bits per heavy atom. The predicted octanol–water partition coefficient (Wildman–Crippen LogP) is 4.68. The first kappa shape index (κ1) is 17.4. The molecule has 0 aliphatic heterocycles. The molecule has 0 aliphatic carbocycles. The van der Waals surface area contributed by atoms with Crippen molar-refractivity contribution in [3.63, 3.8) is 0 Å². The van der Waals surface area contributed by atoms with Crippen LogP contribution in [0.2, 0.25) is 5.02 Å². The highest BCUT2D eigenvalue weighted by molar-refractivity contribution is 6.30. The van der Waals surface area contributed by atoms with Crippen molar-refractivity contribution in [1.82, 2.24) is 14.8 Å². The molecular weight excluding hydrogens is 338 g/mol. The predicted molar refractivity (Wildman–Crippen MR) is 98.7 cm³/mol. The lowest BCUT2D eigenvalue weighted by Gasteiger charge is -2.07. The van der Waals surface area contributed by atoms with Crippen LogP contribution in [0.15, 0.2) is 30.3 Å². The van der Waals surface area contributed by atoms with Gasteiger partial charge in [-0.05, 0) is 50.1 Å². The smallest absolute Gasteiger partial charge is 0.339 e. The van der Waals surface area contributed by atoms with Crippen LogP contribution >= 0.6 is 11.6 Å². The van der Waals surface area contributed by atoms with Crippen LogP contribution < -0.4 is 0 Å². The van der Waals surface area contributed by atoms with Gasteiger partial charge >= 0.3 is 5.97 Å². The Morgan fingerprint density at radius 2 is 1.96 bits per heavy atom. The topological polar surface area (TPSA) is 57.0 Å². The molecule has 130 valence electrons. The van der Waals surface area contributed by atoms with Gasteiger partial charge in [-0.15, -0.1) is 0 Å². The maximum Gasteiger partial charge on any atom is 0.339 e. The van der Waals surface area contributed by atoms with E-state index in [9.17, 15) is 4.79 Å². The van der Waals surface area contributed by atoms with Crippen LogP contribution in [-0.4, -0.2) is 27.3 Å². The molecule has 0 amide bonds. The first-order valence-electron chi connectivity index (χ1n) is 8.25. The van der Waals surface area contributed by atoms with Crippen molar-refractivity contribution < 1.29 is 9.53 Å². The highest BCUT2D eigenvalue weighted by atomic mass is 35.5. The molecular formula is C19H20ClN3O2. The van der Waals surface area contributed by atoms with Gasteiger partial charge in [-0.1, -0.05) is 25.4 Å². The molecule has 3 rings (SSSR count). The minimum atomic E-state index is -0.351. The number of rotatable bonds is 4. The van der Waals surface area contributed by atoms with Gasteiger partial charge in [-0.2, -0.15) is 5.10 Å². The molecule has 0 N–H and O–H groups in total. The first-order chi connectivity index (χ1) is 11.9. The first-order valence-corrected chi connectivity index (χ1v) is 8.63. The van der Waals surface area contributed by atoms with Gasteiger partial charge in [0.25, 0.3) is 0 Å². The number of nitrogens with zero attached hydrogens (tertiary/aromatic N) is 3. The van der Waals surface area contributed by atoms with Gasteiger partial charge in [0.05, 0.1) is 28.9 Å². The summed E-state index contributed by atoms with van der Waals surface area (Å²) < 4.78 is 7.00. The second-order valence-electron chi connectivity index (χ2n) is 6.16. The van der Waals surface area contributed by atoms with Gasteiger partial charge in [0.2, 0.25) is 0 Å². The van der Waals surface area contributed by atoms with Crippen molar-refractivity contribution in [3.05, 3.63) is 52.3 Å². The molecule has 5 nitrogen and oxygen atoms in total. The molecule has 2 heterocycles. The number of aromatic nitrogens is 3. The maximum atomic E-state index is 12.5. The molecule has 0 spiro atoms. The summed E-state index contributed by atoms with van der Waals surface area (Å²) in [5.41, 5.74) is 3.55. The van der Waals surface area contributed by atoms with Crippen molar-refractivity contribution in [3.8, 4) is 5.69 Å². The van der Waals surface area contributed by atoms with Gasteiger partial charge in [0.1, 0.15) is 0 Å². The van der Waals surface area contributed by atoms with Crippen molar-refractivity contribution in [1.29, 1.82) is 0 Å². The molecule has 0 saturated carbocycles. The quantitative estimate of drug-likeness (QED) is 0.636. The number of carbonyl (C=O) groups is 1. The van der Waals surface area contributed by atoms with Gasteiger partial charge < -0.3 is 4.74 Å². The zero-order chi connectivity index (χ0) is 18.1. The maximum absolute atomic E-state index is 12.5. The zero-order valence-corrected chi connectivity index (χ0v) is 15.5. The van der Waals surface area contributed by atoms with Crippen LogP contribution in [0.5, 0.6) is 0 Å². The average Bonchev–Trinajstić information content (AvgIpc) is 2.94. The molecule has 0 radical (unpaired) electrons. The largest absolute Gasteiger partial charge is 0.462 e. The minimum absolute atomic E-state index is 0.133. The van der Waals surface area contributed by atoms with Gasteiger partial charge in [-0.25, -0.2) is 14.5 Å². The fourth-order valence-corrected chi connectivity index (χ4v) is 2.93. The van der Waals surface area contributed by atoms with E-state index in [1.807, 2.05) is 45.0 Å². The summed E-state index contributed by atoms with van der Waals surface area (Å²) >= 11 is 5.99. The molecule has 0 saturated heterocycles. The molecule has 0 atom stereocenters. The van der Waals surface area contributed by atoms with Crippen LogP contribution in [0.4, 0.5) is 0 Å². The third-order valence-electron chi connectivity index (χ3n) is 3.91. The van der Waals surface area contributed by atoms with E-state index in [4.69, 9.17) is 21.4 Å². The third-order valence-corrected chi connectivity index (χ3v) is 4.16. The molecule has 2 aromatic heterocycles. The van der Waals surface area contributed by atoms with Crippen molar-refractivity contribution in [2.75, 3.05) is 6.61 Å². The molecule has 6 heteroatoms. The van der Waals surface area contributed by atoms with E-state index in [-0.39, 0.29) is 11.9 Å². The third kappa shape index (κ3) is 3.24. The van der Waals surface area contributed by atoms with Crippen LogP contribution in [0.3, 0.4) is 0 Å². The van der Waals surface area contributed by atoms with Crippen molar-refractivity contribution in [2.24, 2.45) is 0 Å². The minimum Gasteiger partial charge on any atom is -0.462 e. The summed E-state index contributed by atoms with van der Waals surface area (Å²) in [7, 11) is 0. The Kier molecular flexibility index (Phi) is 4.77. The van der Waals surface area contributed by atoms with Crippen molar-refractivity contribution in [2.45, 2.75) is 33.6 Å². The summed E-state index contributed by atoms with van der Waals surface area (Å²) in [5, 5.41) is 6.13. The Labute approximate surface area is 151 Å². The van der Waals surface area contributed by atoms with E-state index in [0.29, 0.717) is 22.8 Å². The van der Waals surface area contributed by atoms with E-state index >= 15 is 0 Å². The molecule has 0 unspecified atom stereocenters. The van der Waals surface area contributed by atoms with Crippen LogP contribution in [0.1, 0.15) is 48.4 Å². The van der Waals surface area contributed by atoms with Crippen LogP contribution in [0, 0.1) is 6.92 Å². The lowest BCUT2D eigenvalue weighted by molar-refractivity contribution is 0.0528. The average molecular weight is 358 g/mol. The van der Waals surface area contributed by atoms with Gasteiger partial charge in [0.15, 0.2) is 5.65 Å². The van der Waals surface area contributed by atoms with Crippen LogP contribution in [0.25, 0.3) is 16.7 Å².